The first kappa shape index (κ1) is 18.2. The molecular formula is C16H2F5N5. The average molecular weight is 359 g/mol. The Morgan fingerprint density at radius 1 is 0.577 bits per heavy atom. The molecule has 0 fully saturated rings. The molecule has 0 aliphatic carbocycles. The largest absolute Gasteiger partial charge is 0.398 e. The highest BCUT2D eigenvalue weighted by atomic mass is 19.2. The van der Waals surface area contributed by atoms with Crippen LogP contribution in [0.5, 0.6) is 0 Å². The molecule has 0 atom stereocenters. The van der Waals surface area contributed by atoms with E-state index in [1.54, 1.807) is 0 Å². The van der Waals surface area contributed by atoms with Gasteiger partial charge in [-0.1, -0.05) is 0 Å². The zero-order chi connectivity index (χ0) is 19.8. The Morgan fingerprint density at radius 3 is 1.42 bits per heavy atom. The standard InChI is InChI=1S/C16H2F5N5/c17-11-7(5(1-22)2-23)12(18)15(21)10-9(11)14(20)13(19)8(16(10)26)6(3-24)4-25/h26H2. The fourth-order valence-electron chi connectivity index (χ4n) is 2.32. The number of rotatable bonds is 0. The van der Waals surface area contributed by atoms with Crippen molar-refractivity contribution in [3.63, 3.8) is 0 Å². The number of nitrogen functional groups attached to an aromatic ring is 1. The number of fused-ring (bicyclic) bond motifs is 1. The van der Waals surface area contributed by atoms with Crippen LogP contribution in [0, 0.1) is 74.4 Å². The molecule has 126 valence electrons. The van der Waals surface area contributed by atoms with Gasteiger partial charge in [-0.25, -0.2) is 22.0 Å². The molecule has 0 radical (unpaired) electrons. The summed E-state index contributed by atoms with van der Waals surface area (Å²) in [7, 11) is 0. The first-order valence-electron chi connectivity index (χ1n) is 6.38. The molecule has 2 rings (SSSR count). The number of hydrogen-bond acceptors (Lipinski definition) is 5. The molecule has 2 N–H and O–H groups in total. The fraction of sp³-hybridized carbons (Fsp3) is 0. The van der Waals surface area contributed by atoms with Crippen molar-refractivity contribution in [2.24, 2.45) is 0 Å². The lowest BCUT2D eigenvalue weighted by atomic mass is 9.99. The first-order chi connectivity index (χ1) is 12.3. The van der Waals surface area contributed by atoms with E-state index < -0.39 is 67.1 Å². The zero-order valence-electron chi connectivity index (χ0n) is 12.3. The van der Waals surface area contributed by atoms with Crippen LogP contribution < -0.4 is 16.2 Å². The van der Waals surface area contributed by atoms with E-state index >= 15 is 0 Å². The van der Waals surface area contributed by atoms with Crippen LogP contribution in [0.4, 0.5) is 27.6 Å². The molecule has 0 saturated heterocycles. The van der Waals surface area contributed by atoms with Crippen LogP contribution in [-0.2, 0) is 0 Å². The highest BCUT2D eigenvalue weighted by molar-refractivity contribution is 5.97. The number of nitriles is 4. The summed E-state index contributed by atoms with van der Waals surface area (Å²) in [4.78, 5) is 0. The van der Waals surface area contributed by atoms with Gasteiger partial charge in [0.25, 0.3) is 0 Å². The van der Waals surface area contributed by atoms with E-state index in [1.807, 2.05) is 0 Å². The second-order valence-electron chi connectivity index (χ2n) is 4.68. The lowest BCUT2D eigenvalue weighted by molar-refractivity contribution is 0.485. The molecule has 5 nitrogen and oxygen atoms in total. The Balaban J connectivity index is 3.48. The Bertz CT molecular complexity index is 1150. The van der Waals surface area contributed by atoms with Gasteiger partial charge in [-0.05, 0) is 0 Å². The van der Waals surface area contributed by atoms with Crippen molar-refractivity contribution in [1.29, 1.82) is 21.0 Å². The third-order valence-corrected chi connectivity index (χ3v) is 3.44. The molecule has 0 bridgehead atoms. The monoisotopic (exact) mass is 359 g/mol. The van der Waals surface area contributed by atoms with Crippen LogP contribution in [0.15, 0.2) is 0 Å². The van der Waals surface area contributed by atoms with Gasteiger partial charge in [-0.2, -0.15) is 21.0 Å². The molecule has 0 aliphatic rings. The first-order valence-corrected chi connectivity index (χ1v) is 6.38. The van der Waals surface area contributed by atoms with E-state index in [4.69, 9.17) is 26.8 Å². The van der Waals surface area contributed by atoms with E-state index in [1.165, 1.54) is 12.1 Å². The van der Waals surface area contributed by atoms with Gasteiger partial charge in [0, 0.05) is 0 Å². The van der Waals surface area contributed by atoms with E-state index in [0.29, 0.717) is 0 Å². The lowest BCUT2D eigenvalue weighted by Gasteiger charge is -2.10. The van der Waals surface area contributed by atoms with Crippen LogP contribution >= 0.6 is 0 Å². The Morgan fingerprint density at radius 2 is 0.962 bits per heavy atom. The molecule has 0 aliphatic heterocycles. The Kier molecular flexibility index (Phi) is 4.47. The van der Waals surface area contributed by atoms with Gasteiger partial charge in [-0.15, -0.1) is 0 Å². The molecule has 0 unspecified atom stereocenters. The molecule has 2 aromatic carbocycles. The van der Waals surface area contributed by atoms with Crippen molar-refractivity contribution < 1.29 is 22.0 Å². The third kappa shape index (κ3) is 2.26. The van der Waals surface area contributed by atoms with Crippen molar-refractivity contribution in [2.75, 3.05) is 5.73 Å². The fourth-order valence-corrected chi connectivity index (χ4v) is 2.32. The van der Waals surface area contributed by atoms with Gasteiger partial charge in [0.05, 0.1) is 26.9 Å². The highest BCUT2D eigenvalue weighted by Gasteiger charge is 2.27. The van der Waals surface area contributed by atoms with Gasteiger partial charge in [-0.3, -0.25) is 0 Å². The molecule has 0 amide bonds. The van der Waals surface area contributed by atoms with Crippen LogP contribution in [-0.4, -0.2) is 0 Å². The van der Waals surface area contributed by atoms with Crippen molar-refractivity contribution in [3.05, 3.63) is 39.5 Å². The number of hydrogen-bond donors (Lipinski definition) is 1. The van der Waals surface area contributed by atoms with Gasteiger partial charge < -0.3 is 5.73 Å². The number of nitrogens with zero attached hydrogens (tertiary/aromatic N) is 4. The van der Waals surface area contributed by atoms with E-state index in [0.717, 1.165) is 12.1 Å². The summed E-state index contributed by atoms with van der Waals surface area (Å²) in [5.41, 5.74) is 2.07. The zero-order valence-corrected chi connectivity index (χ0v) is 12.3. The number of anilines is 1. The van der Waals surface area contributed by atoms with Crippen molar-refractivity contribution in [2.45, 2.75) is 0 Å². The third-order valence-electron chi connectivity index (χ3n) is 3.44. The average Bonchev–Trinajstić information content (AvgIpc) is 2.63. The van der Waals surface area contributed by atoms with Gasteiger partial charge in [0.15, 0.2) is 23.3 Å². The quantitative estimate of drug-likeness (QED) is 0.434. The minimum absolute atomic E-state index is 1.05. The Hall–Kier alpha value is -4.15. The van der Waals surface area contributed by atoms with Crippen molar-refractivity contribution in [3.8, 4) is 24.3 Å². The van der Waals surface area contributed by atoms with Crippen molar-refractivity contribution in [1.82, 2.24) is 0 Å². The van der Waals surface area contributed by atoms with E-state index in [-0.39, 0.29) is 0 Å². The van der Waals surface area contributed by atoms with Crippen LogP contribution in [0.1, 0.15) is 0 Å². The summed E-state index contributed by atoms with van der Waals surface area (Å²) >= 11 is 0. The van der Waals surface area contributed by atoms with Gasteiger partial charge in [0.2, 0.25) is 0 Å². The predicted octanol–water partition coefficient (Wildman–Crippen LogP) is 1.51. The highest BCUT2D eigenvalue weighted by Crippen LogP contribution is 2.28. The van der Waals surface area contributed by atoms with E-state index in [2.05, 4.69) is 0 Å². The SMILES string of the molecule is N#CC(C#N)=c1c(F)c(F)c2c(F)c(=C(C#N)C#N)c(F)c(F)c2c1N. The maximum atomic E-state index is 14.5. The summed E-state index contributed by atoms with van der Waals surface area (Å²) in [5.74, 6) is -9.96. The lowest BCUT2D eigenvalue weighted by Crippen LogP contribution is -2.25. The molecular weight excluding hydrogens is 357 g/mol. The smallest absolute Gasteiger partial charge is 0.171 e. The molecule has 0 spiro atoms. The summed E-state index contributed by atoms with van der Waals surface area (Å²) < 4.78 is 71.6. The van der Waals surface area contributed by atoms with Gasteiger partial charge >= 0.3 is 0 Å². The second-order valence-corrected chi connectivity index (χ2v) is 4.68. The second kappa shape index (κ2) is 6.39. The van der Waals surface area contributed by atoms with E-state index in [9.17, 15) is 22.0 Å². The van der Waals surface area contributed by atoms with Crippen LogP contribution in [0.3, 0.4) is 0 Å². The van der Waals surface area contributed by atoms with Crippen molar-refractivity contribution >= 4 is 27.6 Å². The molecule has 10 heteroatoms. The summed E-state index contributed by atoms with van der Waals surface area (Å²) in [6.45, 7) is 0. The normalized spacial score (nSPS) is 9.73. The van der Waals surface area contributed by atoms with Gasteiger partial charge in [0.1, 0.15) is 41.2 Å². The van der Waals surface area contributed by atoms with Crippen LogP contribution in [0.25, 0.3) is 21.9 Å². The molecule has 0 heterocycles. The molecule has 2 aromatic rings. The van der Waals surface area contributed by atoms with Crippen LogP contribution in [0.2, 0.25) is 0 Å². The maximum absolute atomic E-state index is 14.5. The Labute approximate surface area is 141 Å². The summed E-state index contributed by atoms with van der Waals surface area (Å²) in [6.07, 6.45) is 0. The molecule has 0 aromatic heterocycles. The maximum Gasteiger partial charge on any atom is 0.171 e. The number of benzene rings is 2. The summed E-state index contributed by atoms with van der Waals surface area (Å²) in [6, 6.07) is 4.63. The number of nitrogens with two attached hydrogens (primary N) is 1. The molecule has 26 heavy (non-hydrogen) atoms. The predicted molar refractivity (Wildman–Crippen MR) is 76.7 cm³/mol. The topological polar surface area (TPSA) is 121 Å². The minimum Gasteiger partial charge on any atom is -0.398 e. The summed E-state index contributed by atoms with van der Waals surface area (Å²) in [5, 5.41) is 29.6. The molecule has 0 saturated carbocycles. The number of halogens is 5. The minimum atomic E-state index is -2.07.